The highest BCUT2D eigenvalue weighted by Crippen LogP contribution is 2.20. The van der Waals surface area contributed by atoms with Crippen molar-refractivity contribution in [1.82, 2.24) is 14.7 Å². The molecule has 0 atom stereocenters. The standard InChI is InChI=1S/C17H23ClN4O3/c18-14-3-1-2-4-15(14)19-16(23)13-20-5-7-21(8-6-20)17(24)22-9-11-25-12-10-22/h1-4H,5-13H2,(H,19,23). The number of urea groups is 1. The lowest BCUT2D eigenvalue weighted by atomic mass is 10.3. The molecule has 2 aliphatic rings. The lowest BCUT2D eigenvalue weighted by Crippen LogP contribution is -2.55. The Morgan fingerprint density at radius 1 is 1.00 bits per heavy atom. The molecule has 0 bridgehead atoms. The Hall–Kier alpha value is -1.83. The summed E-state index contributed by atoms with van der Waals surface area (Å²) in [4.78, 5) is 30.4. The lowest BCUT2D eigenvalue weighted by Gasteiger charge is -2.38. The SMILES string of the molecule is O=C(CN1CCN(C(=O)N2CCOCC2)CC1)Nc1ccccc1Cl. The van der Waals surface area contributed by atoms with Crippen molar-refractivity contribution in [2.45, 2.75) is 0 Å². The van der Waals surface area contributed by atoms with E-state index in [1.807, 2.05) is 21.9 Å². The van der Waals surface area contributed by atoms with E-state index in [0.29, 0.717) is 69.7 Å². The van der Waals surface area contributed by atoms with Crippen LogP contribution in [0.3, 0.4) is 0 Å². The molecule has 7 nitrogen and oxygen atoms in total. The summed E-state index contributed by atoms with van der Waals surface area (Å²) >= 11 is 6.05. The molecular formula is C17H23ClN4O3. The predicted molar refractivity (Wildman–Crippen MR) is 95.9 cm³/mol. The summed E-state index contributed by atoms with van der Waals surface area (Å²) in [6.45, 7) is 5.45. The summed E-state index contributed by atoms with van der Waals surface area (Å²) < 4.78 is 5.28. The predicted octanol–water partition coefficient (Wildman–Crippen LogP) is 1.35. The van der Waals surface area contributed by atoms with Crippen LogP contribution in [0.25, 0.3) is 0 Å². The number of hydrogen-bond acceptors (Lipinski definition) is 4. The number of carbonyl (C=O) groups excluding carboxylic acids is 2. The summed E-state index contributed by atoms with van der Waals surface area (Å²) in [5, 5.41) is 3.35. The highest BCUT2D eigenvalue weighted by atomic mass is 35.5. The molecule has 0 unspecified atom stereocenters. The van der Waals surface area contributed by atoms with Crippen molar-refractivity contribution in [1.29, 1.82) is 0 Å². The fraction of sp³-hybridized carbons (Fsp3) is 0.529. The third-order valence-electron chi connectivity index (χ3n) is 4.44. The summed E-state index contributed by atoms with van der Waals surface area (Å²) in [7, 11) is 0. The molecule has 8 heteroatoms. The van der Waals surface area contributed by atoms with Crippen molar-refractivity contribution in [2.24, 2.45) is 0 Å². The van der Waals surface area contributed by atoms with Gasteiger partial charge in [0.2, 0.25) is 5.91 Å². The molecule has 0 saturated carbocycles. The van der Waals surface area contributed by atoms with Gasteiger partial charge in [0.1, 0.15) is 0 Å². The van der Waals surface area contributed by atoms with E-state index in [0.717, 1.165) is 0 Å². The summed E-state index contributed by atoms with van der Waals surface area (Å²) in [5.74, 6) is -0.0962. The van der Waals surface area contributed by atoms with Crippen LogP contribution in [0.5, 0.6) is 0 Å². The van der Waals surface area contributed by atoms with Gasteiger partial charge in [-0.15, -0.1) is 0 Å². The molecule has 25 heavy (non-hydrogen) atoms. The normalized spacial score (nSPS) is 18.9. The minimum absolute atomic E-state index is 0.0727. The monoisotopic (exact) mass is 366 g/mol. The number of nitrogens with one attached hydrogen (secondary N) is 1. The van der Waals surface area contributed by atoms with Crippen LogP contribution in [0.15, 0.2) is 24.3 Å². The summed E-state index contributed by atoms with van der Waals surface area (Å²) in [6, 6.07) is 7.25. The molecule has 2 heterocycles. The van der Waals surface area contributed by atoms with E-state index in [1.54, 1.807) is 12.1 Å². The molecule has 1 aromatic rings. The summed E-state index contributed by atoms with van der Waals surface area (Å²) in [5.41, 5.74) is 0.621. The second-order valence-corrected chi connectivity index (χ2v) is 6.58. The number of hydrogen-bond donors (Lipinski definition) is 1. The van der Waals surface area contributed by atoms with E-state index in [2.05, 4.69) is 10.2 Å². The molecule has 0 spiro atoms. The van der Waals surface area contributed by atoms with E-state index in [1.165, 1.54) is 0 Å². The molecule has 136 valence electrons. The largest absolute Gasteiger partial charge is 0.378 e. The minimum Gasteiger partial charge on any atom is -0.378 e. The Labute approximate surface area is 152 Å². The average molecular weight is 367 g/mol. The zero-order chi connectivity index (χ0) is 17.6. The molecule has 3 rings (SSSR count). The second-order valence-electron chi connectivity index (χ2n) is 6.17. The molecule has 2 saturated heterocycles. The average Bonchev–Trinajstić information content (AvgIpc) is 2.64. The molecule has 1 N–H and O–H groups in total. The van der Waals surface area contributed by atoms with Gasteiger partial charge in [-0.1, -0.05) is 23.7 Å². The zero-order valence-corrected chi connectivity index (χ0v) is 14.9. The van der Waals surface area contributed by atoms with Gasteiger partial charge >= 0.3 is 6.03 Å². The Kier molecular flexibility index (Phi) is 6.12. The first kappa shape index (κ1) is 18.0. The first-order chi connectivity index (χ1) is 12.1. The van der Waals surface area contributed by atoms with E-state index in [-0.39, 0.29) is 11.9 Å². The van der Waals surface area contributed by atoms with Gasteiger partial charge in [-0.25, -0.2) is 4.79 Å². The van der Waals surface area contributed by atoms with Crippen LogP contribution in [-0.2, 0) is 9.53 Å². The van der Waals surface area contributed by atoms with Gasteiger partial charge in [0.05, 0.1) is 30.5 Å². The van der Waals surface area contributed by atoms with E-state index >= 15 is 0 Å². The van der Waals surface area contributed by atoms with Crippen molar-refractivity contribution in [2.75, 3.05) is 64.3 Å². The van der Waals surface area contributed by atoms with Gasteiger partial charge < -0.3 is 19.9 Å². The van der Waals surface area contributed by atoms with Crippen LogP contribution < -0.4 is 5.32 Å². The number of rotatable bonds is 3. The van der Waals surface area contributed by atoms with Crippen molar-refractivity contribution >= 4 is 29.2 Å². The number of carbonyl (C=O) groups is 2. The van der Waals surface area contributed by atoms with E-state index in [4.69, 9.17) is 16.3 Å². The van der Waals surface area contributed by atoms with Gasteiger partial charge in [0, 0.05) is 39.3 Å². The number of ether oxygens (including phenoxy) is 1. The first-order valence-corrected chi connectivity index (χ1v) is 8.89. The van der Waals surface area contributed by atoms with E-state index < -0.39 is 0 Å². The smallest absolute Gasteiger partial charge is 0.320 e. The maximum absolute atomic E-state index is 12.4. The molecule has 2 aliphatic heterocycles. The van der Waals surface area contributed by atoms with Gasteiger partial charge in [0.25, 0.3) is 0 Å². The molecule has 1 aromatic carbocycles. The van der Waals surface area contributed by atoms with Gasteiger partial charge in [-0.3, -0.25) is 9.69 Å². The van der Waals surface area contributed by atoms with Crippen LogP contribution in [0.4, 0.5) is 10.5 Å². The van der Waals surface area contributed by atoms with Crippen molar-refractivity contribution in [3.05, 3.63) is 29.3 Å². The van der Waals surface area contributed by atoms with Crippen molar-refractivity contribution < 1.29 is 14.3 Å². The second kappa shape index (κ2) is 8.51. The number of para-hydroxylation sites is 1. The van der Waals surface area contributed by atoms with Crippen molar-refractivity contribution in [3.63, 3.8) is 0 Å². The zero-order valence-electron chi connectivity index (χ0n) is 14.1. The van der Waals surface area contributed by atoms with Gasteiger partial charge in [0.15, 0.2) is 0 Å². The van der Waals surface area contributed by atoms with Crippen LogP contribution in [0.1, 0.15) is 0 Å². The Bertz CT molecular complexity index is 614. The van der Waals surface area contributed by atoms with Gasteiger partial charge in [-0.05, 0) is 12.1 Å². The number of halogens is 1. The molecule has 0 radical (unpaired) electrons. The van der Waals surface area contributed by atoms with Crippen LogP contribution >= 0.6 is 11.6 Å². The Balaban J connectivity index is 1.43. The third kappa shape index (κ3) is 4.84. The third-order valence-corrected chi connectivity index (χ3v) is 4.77. The molecule has 0 aliphatic carbocycles. The van der Waals surface area contributed by atoms with Crippen LogP contribution in [-0.4, -0.2) is 85.7 Å². The fourth-order valence-electron chi connectivity index (χ4n) is 3.01. The molecule has 0 aromatic heterocycles. The Morgan fingerprint density at radius 2 is 1.64 bits per heavy atom. The number of benzene rings is 1. The summed E-state index contributed by atoms with van der Waals surface area (Å²) in [6.07, 6.45) is 0. The highest BCUT2D eigenvalue weighted by Gasteiger charge is 2.27. The maximum atomic E-state index is 12.4. The van der Waals surface area contributed by atoms with Gasteiger partial charge in [-0.2, -0.15) is 0 Å². The number of piperazine rings is 1. The highest BCUT2D eigenvalue weighted by molar-refractivity contribution is 6.33. The first-order valence-electron chi connectivity index (χ1n) is 8.52. The quantitative estimate of drug-likeness (QED) is 0.877. The van der Waals surface area contributed by atoms with Crippen LogP contribution in [0.2, 0.25) is 5.02 Å². The Morgan fingerprint density at radius 3 is 2.32 bits per heavy atom. The topological polar surface area (TPSA) is 65.1 Å². The van der Waals surface area contributed by atoms with E-state index in [9.17, 15) is 9.59 Å². The minimum atomic E-state index is -0.0962. The number of morpholine rings is 1. The number of anilines is 1. The lowest BCUT2D eigenvalue weighted by molar-refractivity contribution is -0.117. The fourth-order valence-corrected chi connectivity index (χ4v) is 3.19. The van der Waals surface area contributed by atoms with Crippen LogP contribution in [0, 0.1) is 0 Å². The molecule has 3 amide bonds. The maximum Gasteiger partial charge on any atom is 0.320 e. The van der Waals surface area contributed by atoms with Crippen molar-refractivity contribution in [3.8, 4) is 0 Å². The molecular weight excluding hydrogens is 344 g/mol. The number of nitrogens with zero attached hydrogens (tertiary/aromatic N) is 3. The number of amides is 3. The molecule has 2 fully saturated rings.